The van der Waals surface area contributed by atoms with Gasteiger partial charge in [-0.1, -0.05) is 15.9 Å². The lowest BCUT2D eigenvalue weighted by Crippen LogP contribution is -2.44. The van der Waals surface area contributed by atoms with Gasteiger partial charge in [0.25, 0.3) is 5.69 Å². The Labute approximate surface area is 160 Å². The minimum Gasteiger partial charge on any atom is -0.443 e. The third kappa shape index (κ3) is 5.98. The van der Waals surface area contributed by atoms with Gasteiger partial charge in [-0.15, -0.1) is 0 Å². The van der Waals surface area contributed by atoms with E-state index in [2.05, 4.69) is 15.9 Å². The molecule has 0 heterocycles. The summed E-state index contributed by atoms with van der Waals surface area (Å²) in [6.45, 7) is 11.4. The Morgan fingerprint density at radius 3 is 1.81 bits per heavy atom. The largest absolute Gasteiger partial charge is 0.443 e. The van der Waals surface area contributed by atoms with Crippen LogP contribution in [0.25, 0.3) is 0 Å². The second kappa shape index (κ2) is 7.61. The lowest BCUT2D eigenvalue weighted by atomic mass is 10.1. The van der Waals surface area contributed by atoms with Gasteiger partial charge in [0.1, 0.15) is 16.9 Å². The Bertz CT molecular complexity index is 706. The van der Waals surface area contributed by atoms with Crippen molar-refractivity contribution in [3.63, 3.8) is 0 Å². The van der Waals surface area contributed by atoms with E-state index in [0.29, 0.717) is 14.9 Å². The van der Waals surface area contributed by atoms with Crippen LogP contribution in [0.3, 0.4) is 0 Å². The highest BCUT2D eigenvalue weighted by Crippen LogP contribution is 2.35. The number of ether oxygens (including phenoxy) is 2. The van der Waals surface area contributed by atoms with E-state index in [4.69, 9.17) is 9.47 Å². The first kappa shape index (κ1) is 21.9. The Morgan fingerprint density at radius 2 is 1.46 bits per heavy atom. The van der Waals surface area contributed by atoms with Gasteiger partial charge in [0.15, 0.2) is 0 Å². The second-order valence-electron chi connectivity index (χ2n) is 7.64. The zero-order chi connectivity index (χ0) is 20.4. The topological polar surface area (TPSA) is 99.0 Å². The van der Waals surface area contributed by atoms with Crippen LogP contribution < -0.4 is 4.90 Å². The van der Waals surface area contributed by atoms with Crippen molar-refractivity contribution in [2.45, 2.75) is 59.7 Å². The van der Waals surface area contributed by atoms with Crippen molar-refractivity contribution in [1.82, 2.24) is 0 Å². The van der Waals surface area contributed by atoms with Crippen LogP contribution >= 0.6 is 15.9 Å². The van der Waals surface area contributed by atoms with Crippen molar-refractivity contribution in [2.24, 2.45) is 0 Å². The van der Waals surface area contributed by atoms with Gasteiger partial charge in [-0.05, 0) is 60.1 Å². The summed E-state index contributed by atoms with van der Waals surface area (Å²) in [5.41, 5.74) is -1.89. The highest BCUT2D eigenvalue weighted by atomic mass is 79.9. The highest BCUT2D eigenvalue weighted by molar-refractivity contribution is 9.10. The third-order valence-corrected chi connectivity index (χ3v) is 3.70. The molecule has 0 unspecified atom stereocenters. The van der Waals surface area contributed by atoms with Crippen LogP contribution in [0.2, 0.25) is 0 Å². The van der Waals surface area contributed by atoms with E-state index in [1.54, 1.807) is 48.5 Å². The molecule has 0 saturated heterocycles. The molecular formula is C17H23BrN2O6. The van der Waals surface area contributed by atoms with Gasteiger partial charge in [0.2, 0.25) is 0 Å². The maximum Gasteiger partial charge on any atom is 0.424 e. The lowest BCUT2D eigenvalue weighted by Gasteiger charge is -2.28. The number of anilines is 1. The van der Waals surface area contributed by atoms with Crippen molar-refractivity contribution in [1.29, 1.82) is 0 Å². The van der Waals surface area contributed by atoms with E-state index in [1.165, 1.54) is 12.1 Å². The monoisotopic (exact) mass is 430 g/mol. The minimum atomic E-state index is -1.06. The first-order chi connectivity index (χ1) is 11.6. The van der Waals surface area contributed by atoms with Gasteiger partial charge in [-0.25, -0.2) is 9.59 Å². The van der Waals surface area contributed by atoms with E-state index >= 15 is 0 Å². The van der Waals surface area contributed by atoms with Crippen molar-refractivity contribution in [3.05, 3.63) is 32.3 Å². The summed E-state index contributed by atoms with van der Waals surface area (Å²) < 4.78 is 11.0. The number of hydrogen-bond donors (Lipinski definition) is 0. The number of nitrogens with zero attached hydrogens (tertiary/aromatic N) is 2. The fourth-order valence-electron chi connectivity index (χ4n) is 1.87. The highest BCUT2D eigenvalue weighted by Gasteiger charge is 2.37. The normalized spacial score (nSPS) is 11.7. The van der Waals surface area contributed by atoms with E-state index in [0.717, 1.165) is 0 Å². The number of nitro benzene ring substituents is 1. The molecule has 144 valence electrons. The maximum atomic E-state index is 12.6. The number of carbonyl (C=O) groups is 2. The Kier molecular flexibility index (Phi) is 6.40. The molecule has 26 heavy (non-hydrogen) atoms. The maximum absolute atomic E-state index is 12.6. The van der Waals surface area contributed by atoms with Crippen LogP contribution in [-0.4, -0.2) is 28.3 Å². The molecule has 0 aliphatic heterocycles. The fraction of sp³-hybridized carbons (Fsp3) is 0.529. The van der Waals surface area contributed by atoms with Crippen molar-refractivity contribution >= 4 is 39.5 Å². The van der Waals surface area contributed by atoms with Crippen LogP contribution in [0.4, 0.5) is 21.0 Å². The number of aryl methyl sites for hydroxylation is 1. The standard InChI is InChI=1S/C17H23BrN2O6/c1-10-8-13(20(23)24)12(9-11(10)18)19(14(21)25-16(2,3)4)15(22)26-17(5,6)7/h8-9H,1-7H3. The van der Waals surface area contributed by atoms with Gasteiger partial charge in [0, 0.05) is 10.5 Å². The summed E-state index contributed by atoms with van der Waals surface area (Å²) in [4.78, 5) is 36.6. The molecule has 0 saturated carbocycles. The molecule has 0 radical (unpaired) electrons. The van der Waals surface area contributed by atoms with E-state index < -0.39 is 34.0 Å². The number of benzene rings is 1. The molecule has 8 nitrogen and oxygen atoms in total. The summed E-state index contributed by atoms with van der Waals surface area (Å²) in [6, 6.07) is 2.59. The molecule has 1 aromatic carbocycles. The third-order valence-electron chi connectivity index (χ3n) is 2.85. The molecule has 1 aromatic rings. The Morgan fingerprint density at radius 1 is 1.04 bits per heavy atom. The van der Waals surface area contributed by atoms with Crippen molar-refractivity contribution < 1.29 is 24.0 Å². The van der Waals surface area contributed by atoms with Crippen LogP contribution in [-0.2, 0) is 9.47 Å². The Hall–Kier alpha value is -2.16. The molecule has 0 aliphatic carbocycles. The van der Waals surface area contributed by atoms with E-state index in [-0.39, 0.29) is 5.69 Å². The average molecular weight is 431 g/mol. The summed E-state index contributed by atoms with van der Waals surface area (Å²) in [6.07, 6.45) is -2.13. The predicted octanol–water partition coefficient (Wildman–Crippen LogP) is 5.34. The molecule has 0 N–H and O–H groups in total. The van der Waals surface area contributed by atoms with Crippen LogP contribution in [0, 0.1) is 17.0 Å². The first-order valence-corrected chi connectivity index (χ1v) is 8.62. The molecule has 0 aromatic heterocycles. The number of amides is 2. The Balaban J connectivity index is 3.55. The molecule has 0 fully saturated rings. The van der Waals surface area contributed by atoms with Gasteiger partial charge in [0.05, 0.1) is 4.92 Å². The van der Waals surface area contributed by atoms with E-state index in [1.807, 2.05) is 0 Å². The van der Waals surface area contributed by atoms with Crippen LogP contribution in [0.1, 0.15) is 47.1 Å². The van der Waals surface area contributed by atoms with Gasteiger partial charge >= 0.3 is 12.2 Å². The number of imide groups is 1. The molecule has 9 heteroatoms. The molecule has 0 aliphatic rings. The average Bonchev–Trinajstić information content (AvgIpc) is 2.38. The molecule has 0 spiro atoms. The smallest absolute Gasteiger partial charge is 0.424 e. The molecule has 2 amide bonds. The molecule has 0 bridgehead atoms. The minimum absolute atomic E-state index is 0.240. The molecular weight excluding hydrogens is 408 g/mol. The molecule has 1 rings (SSSR count). The zero-order valence-corrected chi connectivity index (χ0v) is 17.5. The summed E-state index contributed by atoms with van der Waals surface area (Å²) in [5.74, 6) is 0. The summed E-state index contributed by atoms with van der Waals surface area (Å²) in [5, 5.41) is 11.5. The fourth-order valence-corrected chi connectivity index (χ4v) is 2.20. The van der Waals surface area contributed by atoms with Crippen molar-refractivity contribution in [2.75, 3.05) is 4.90 Å². The van der Waals surface area contributed by atoms with Gasteiger partial charge in [-0.2, -0.15) is 4.90 Å². The van der Waals surface area contributed by atoms with Gasteiger partial charge < -0.3 is 9.47 Å². The number of nitro groups is 1. The predicted molar refractivity (Wildman–Crippen MR) is 100 cm³/mol. The van der Waals surface area contributed by atoms with Crippen LogP contribution in [0.15, 0.2) is 16.6 Å². The first-order valence-electron chi connectivity index (χ1n) is 7.83. The van der Waals surface area contributed by atoms with Gasteiger partial charge in [-0.3, -0.25) is 10.1 Å². The molecule has 0 atom stereocenters. The van der Waals surface area contributed by atoms with Crippen molar-refractivity contribution in [3.8, 4) is 0 Å². The zero-order valence-electron chi connectivity index (χ0n) is 15.9. The SMILES string of the molecule is Cc1cc([N+](=O)[O-])c(N(C(=O)OC(C)(C)C)C(=O)OC(C)(C)C)cc1Br. The number of halogens is 1. The number of rotatable bonds is 2. The quantitative estimate of drug-likeness (QED) is 0.463. The summed E-state index contributed by atoms with van der Waals surface area (Å²) in [7, 11) is 0. The number of carbonyl (C=O) groups excluding carboxylic acids is 2. The lowest BCUT2D eigenvalue weighted by molar-refractivity contribution is -0.384. The number of hydrogen-bond acceptors (Lipinski definition) is 6. The second-order valence-corrected chi connectivity index (χ2v) is 8.50. The van der Waals surface area contributed by atoms with E-state index in [9.17, 15) is 19.7 Å². The van der Waals surface area contributed by atoms with Crippen LogP contribution in [0.5, 0.6) is 0 Å². The summed E-state index contributed by atoms with van der Waals surface area (Å²) >= 11 is 3.27.